The number of rotatable bonds is 8. The van der Waals surface area contributed by atoms with Crippen LogP contribution in [0.15, 0.2) is 30.5 Å². The fourth-order valence-corrected chi connectivity index (χ4v) is 8.52. The zero-order valence-electron chi connectivity index (χ0n) is 26.1. The lowest BCUT2D eigenvalue weighted by Gasteiger charge is -2.34. The number of nitriles is 1. The summed E-state index contributed by atoms with van der Waals surface area (Å²) in [7, 11) is 0. The Balaban J connectivity index is 1.13. The molecule has 11 nitrogen and oxygen atoms in total. The van der Waals surface area contributed by atoms with E-state index in [1.54, 1.807) is 26.1 Å². The van der Waals surface area contributed by atoms with Gasteiger partial charge in [-0.1, -0.05) is 0 Å². The third-order valence-electron chi connectivity index (χ3n) is 10.0. The third kappa shape index (κ3) is 5.33. The molecule has 0 spiro atoms. The van der Waals surface area contributed by atoms with E-state index in [0.29, 0.717) is 64.3 Å². The molecule has 2 saturated carbocycles. The van der Waals surface area contributed by atoms with E-state index in [2.05, 4.69) is 26.6 Å². The predicted molar refractivity (Wildman–Crippen MR) is 174 cm³/mol. The first kappa shape index (κ1) is 30.7. The van der Waals surface area contributed by atoms with Crippen molar-refractivity contribution >= 4 is 39.0 Å². The Morgan fingerprint density at radius 3 is 2.59 bits per heavy atom. The van der Waals surface area contributed by atoms with Crippen molar-refractivity contribution in [2.45, 2.75) is 58.0 Å². The minimum absolute atomic E-state index is 0.223. The number of aromatic nitrogens is 4. The van der Waals surface area contributed by atoms with Crippen LogP contribution in [-0.2, 0) is 0 Å². The van der Waals surface area contributed by atoms with Crippen molar-refractivity contribution in [1.82, 2.24) is 19.9 Å². The molecule has 5 atom stereocenters. The van der Waals surface area contributed by atoms with Crippen molar-refractivity contribution in [3.63, 3.8) is 0 Å². The molecule has 0 amide bonds. The van der Waals surface area contributed by atoms with Gasteiger partial charge in [-0.15, -0.1) is 11.3 Å². The first-order valence-electron chi connectivity index (χ1n) is 15.6. The highest BCUT2D eigenvalue weighted by molar-refractivity contribution is 7.21. The van der Waals surface area contributed by atoms with Gasteiger partial charge in [0.1, 0.15) is 34.3 Å². The lowest BCUT2D eigenvalue weighted by atomic mass is 9.87. The molecule has 2 aliphatic carbocycles. The molecule has 240 valence electrons. The van der Waals surface area contributed by atoms with E-state index in [1.807, 2.05) is 19.9 Å². The predicted octanol–water partition coefficient (Wildman–Crippen LogP) is 4.21. The highest BCUT2D eigenvalue weighted by atomic mass is 32.1. The molecular weight excluding hydrogens is 607 g/mol. The number of piperidine rings is 1. The van der Waals surface area contributed by atoms with E-state index in [1.165, 1.54) is 23.5 Å². The maximum Gasteiger partial charge on any atom is 0.224 e. The number of aryl methyl sites for hydroxylation is 2. The molecule has 7 rings (SSSR count). The lowest BCUT2D eigenvalue weighted by molar-refractivity contribution is -0.0926. The Morgan fingerprint density at radius 2 is 1.91 bits per heavy atom. The van der Waals surface area contributed by atoms with Gasteiger partial charge in [0.2, 0.25) is 5.95 Å². The Bertz CT molecular complexity index is 1860. The Morgan fingerprint density at radius 1 is 1.15 bits per heavy atom. The van der Waals surface area contributed by atoms with Crippen molar-refractivity contribution in [2.75, 3.05) is 35.2 Å². The van der Waals surface area contributed by atoms with Gasteiger partial charge in [-0.05, 0) is 82.6 Å². The highest BCUT2D eigenvalue weighted by Crippen LogP contribution is 2.53. The summed E-state index contributed by atoms with van der Waals surface area (Å²) in [5.74, 6) is 1.08. The average Bonchev–Trinajstić information content (AvgIpc) is 3.33. The van der Waals surface area contributed by atoms with Crippen LogP contribution in [0.5, 0.6) is 0 Å². The van der Waals surface area contributed by atoms with E-state index < -0.39 is 29.2 Å². The number of fused-ring (bicyclic) bond motifs is 2. The molecule has 46 heavy (non-hydrogen) atoms. The van der Waals surface area contributed by atoms with Crippen molar-refractivity contribution in [2.24, 2.45) is 23.7 Å². The summed E-state index contributed by atoms with van der Waals surface area (Å²) in [6.45, 7) is 9.30. The summed E-state index contributed by atoms with van der Waals surface area (Å²) in [5.41, 5.74) is 1.10. The van der Waals surface area contributed by atoms with Crippen LogP contribution in [0.25, 0.3) is 20.8 Å². The summed E-state index contributed by atoms with van der Waals surface area (Å²) >= 11 is 1.48. The van der Waals surface area contributed by atoms with Crippen molar-refractivity contribution in [3.8, 4) is 16.6 Å². The maximum absolute atomic E-state index is 13.7. The number of aliphatic hydroxyl groups is 3. The van der Waals surface area contributed by atoms with Crippen molar-refractivity contribution in [3.05, 3.63) is 53.2 Å². The second-order valence-electron chi connectivity index (χ2n) is 13.5. The molecule has 4 aromatic rings. The van der Waals surface area contributed by atoms with E-state index in [9.17, 15) is 25.0 Å². The Hall–Kier alpha value is -3.96. The smallest absolute Gasteiger partial charge is 0.224 e. The van der Waals surface area contributed by atoms with Gasteiger partial charge in [0.25, 0.3) is 0 Å². The van der Waals surface area contributed by atoms with Crippen LogP contribution < -0.4 is 15.5 Å². The number of hydrogen-bond acceptors (Lipinski definition) is 12. The number of pyridine rings is 1. The molecule has 3 aliphatic rings. The first-order chi connectivity index (χ1) is 21.9. The van der Waals surface area contributed by atoms with Gasteiger partial charge >= 0.3 is 0 Å². The first-order valence-corrected chi connectivity index (χ1v) is 16.4. The van der Waals surface area contributed by atoms with Crippen LogP contribution >= 0.6 is 11.3 Å². The van der Waals surface area contributed by atoms with E-state index in [0.717, 1.165) is 34.7 Å². The number of thiazole rings is 1. The molecule has 13 heteroatoms. The average molecular weight is 645 g/mol. The molecule has 1 aliphatic heterocycles. The topological polar surface area (TPSA) is 163 Å². The van der Waals surface area contributed by atoms with Gasteiger partial charge in [-0.25, -0.2) is 14.4 Å². The minimum atomic E-state index is -1.72. The fraction of sp³-hybridized carbons (Fsp3) is 0.485. The third-order valence-corrected chi connectivity index (χ3v) is 11.1. The zero-order chi connectivity index (χ0) is 32.5. The summed E-state index contributed by atoms with van der Waals surface area (Å²) in [6.07, 6.45) is 1.17. The monoisotopic (exact) mass is 644 g/mol. The molecule has 3 aromatic heterocycles. The molecule has 1 saturated heterocycles. The summed E-state index contributed by atoms with van der Waals surface area (Å²) in [4.78, 5) is 21.0. The van der Waals surface area contributed by atoms with Gasteiger partial charge in [0, 0.05) is 31.7 Å². The lowest BCUT2D eigenvalue weighted by Crippen LogP contribution is -2.51. The summed E-state index contributed by atoms with van der Waals surface area (Å²) < 4.78 is 14.6. The van der Waals surface area contributed by atoms with E-state index >= 15 is 0 Å². The SMILES string of the molecule is Cc1nc(NCC2C3CN(c4ccc(F)cc4C#N)CC23)nc(NC2(O)CCC(C(C)(C)O)C2O)c1-c1nc2c(C)nccc2s1. The molecule has 4 heterocycles. The van der Waals surface area contributed by atoms with Crippen LogP contribution in [0.4, 0.5) is 21.8 Å². The molecular formula is C33H37FN8O3S. The van der Waals surface area contributed by atoms with E-state index in [4.69, 9.17) is 15.0 Å². The Labute approximate surface area is 270 Å². The van der Waals surface area contributed by atoms with Crippen LogP contribution in [0.3, 0.4) is 0 Å². The largest absolute Gasteiger partial charge is 0.390 e. The van der Waals surface area contributed by atoms with Crippen LogP contribution in [0.1, 0.15) is 43.6 Å². The maximum atomic E-state index is 13.7. The second-order valence-corrected chi connectivity index (χ2v) is 14.5. The molecule has 1 aromatic carbocycles. The molecule has 3 fully saturated rings. The van der Waals surface area contributed by atoms with Crippen LogP contribution in [-0.4, -0.2) is 72.3 Å². The number of nitrogens with zero attached hydrogens (tertiary/aromatic N) is 6. The fourth-order valence-electron chi connectivity index (χ4n) is 7.41. The molecule has 5 N–H and O–H groups in total. The number of hydrogen-bond donors (Lipinski definition) is 5. The molecule has 0 bridgehead atoms. The van der Waals surface area contributed by atoms with Gasteiger partial charge in [0.15, 0.2) is 5.72 Å². The van der Waals surface area contributed by atoms with Crippen molar-refractivity contribution in [1.29, 1.82) is 5.26 Å². The number of anilines is 3. The van der Waals surface area contributed by atoms with Crippen LogP contribution in [0.2, 0.25) is 0 Å². The standard InChI is InChI=1S/C33H37FN8O3S/c1-16-26(30-39-27-17(2)36-10-8-25(27)46-30)29(41-33(45)9-7-23(28(33)43)32(3,4)44)40-31(38-16)37-13-20-21-14-42(15-22(20)21)24-6-5-19(34)11-18(24)12-35/h5-6,8,10-11,20-23,28,43-45H,7,9,13-15H2,1-4H3,(H2,37,38,40,41). The number of aliphatic hydroxyl groups excluding tert-OH is 1. The quantitative estimate of drug-likeness (QED) is 0.175. The van der Waals surface area contributed by atoms with Crippen molar-refractivity contribution < 1.29 is 19.7 Å². The Kier molecular flexibility index (Phi) is 7.39. The summed E-state index contributed by atoms with van der Waals surface area (Å²) in [5, 5.41) is 50.2. The van der Waals surface area contributed by atoms with E-state index in [-0.39, 0.29) is 6.42 Å². The van der Waals surface area contributed by atoms with Gasteiger partial charge in [0.05, 0.1) is 38.5 Å². The number of benzene rings is 1. The van der Waals surface area contributed by atoms with Crippen LogP contribution in [0, 0.1) is 54.7 Å². The second kappa shape index (κ2) is 11.1. The molecule has 5 unspecified atom stereocenters. The van der Waals surface area contributed by atoms with Gasteiger partial charge in [-0.3, -0.25) is 4.98 Å². The summed E-state index contributed by atoms with van der Waals surface area (Å²) in [6, 6.07) is 8.38. The molecule has 0 radical (unpaired) electrons. The number of halogens is 1. The minimum Gasteiger partial charge on any atom is -0.390 e. The van der Waals surface area contributed by atoms with Gasteiger partial charge in [-0.2, -0.15) is 10.2 Å². The number of nitrogens with one attached hydrogen (secondary N) is 2. The normalized spacial score (nSPS) is 27.1. The van der Waals surface area contributed by atoms with Gasteiger partial charge < -0.3 is 30.9 Å². The zero-order valence-corrected chi connectivity index (χ0v) is 26.9. The highest BCUT2D eigenvalue weighted by Gasteiger charge is 2.56.